The van der Waals surface area contributed by atoms with Crippen molar-refractivity contribution < 1.29 is 23.0 Å². The van der Waals surface area contributed by atoms with Crippen molar-refractivity contribution in [3.8, 4) is 34.1 Å². The van der Waals surface area contributed by atoms with E-state index in [1.807, 2.05) is 42.5 Å². The highest BCUT2D eigenvalue weighted by Crippen LogP contribution is 2.33. The third-order valence-electron chi connectivity index (χ3n) is 5.10. The Kier molecular flexibility index (Phi) is 6.35. The first-order chi connectivity index (χ1) is 16.0. The van der Waals surface area contributed by atoms with E-state index in [9.17, 15) is 13.6 Å². The Hall–Kier alpha value is -4.20. The lowest BCUT2D eigenvalue weighted by Crippen LogP contribution is -2.24. The van der Waals surface area contributed by atoms with Crippen LogP contribution in [0.15, 0.2) is 66.9 Å². The van der Waals surface area contributed by atoms with Crippen LogP contribution in [-0.4, -0.2) is 30.1 Å². The van der Waals surface area contributed by atoms with Crippen molar-refractivity contribution in [2.24, 2.45) is 0 Å². The minimum absolute atomic E-state index is 0.139. The van der Waals surface area contributed by atoms with E-state index in [0.29, 0.717) is 17.3 Å². The van der Waals surface area contributed by atoms with Crippen molar-refractivity contribution in [1.29, 1.82) is 0 Å². The van der Waals surface area contributed by atoms with Crippen molar-refractivity contribution in [1.82, 2.24) is 15.3 Å². The highest BCUT2D eigenvalue weighted by Gasteiger charge is 2.14. The van der Waals surface area contributed by atoms with Gasteiger partial charge in [0.25, 0.3) is 5.91 Å². The standard InChI is InChI=1S/C25H21F2N3O3/c1-32-18-7-9-23(33-2)20(12-18)22-14-28-24(30-22)16-5-3-4-15(10-16)13-29-25(31)19-11-17(26)6-8-21(19)27/h3-12,14H,13H2,1-2H3,(H,28,30)(H,29,31). The maximum atomic E-state index is 13.8. The third kappa shape index (κ3) is 4.85. The van der Waals surface area contributed by atoms with Gasteiger partial charge in [-0.1, -0.05) is 18.2 Å². The van der Waals surface area contributed by atoms with Gasteiger partial charge in [0.05, 0.1) is 31.7 Å². The summed E-state index contributed by atoms with van der Waals surface area (Å²) in [6.07, 6.45) is 1.70. The van der Waals surface area contributed by atoms with E-state index >= 15 is 0 Å². The molecule has 4 aromatic rings. The third-order valence-corrected chi connectivity index (χ3v) is 5.10. The number of rotatable bonds is 7. The Labute approximate surface area is 189 Å². The zero-order chi connectivity index (χ0) is 23.4. The smallest absolute Gasteiger partial charge is 0.254 e. The summed E-state index contributed by atoms with van der Waals surface area (Å²) in [5, 5.41) is 2.61. The largest absolute Gasteiger partial charge is 0.497 e. The molecule has 2 N–H and O–H groups in total. The average Bonchev–Trinajstić information content (AvgIpc) is 3.34. The number of hydrogen-bond donors (Lipinski definition) is 2. The normalized spacial score (nSPS) is 10.7. The van der Waals surface area contributed by atoms with E-state index in [2.05, 4.69) is 15.3 Å². The summed E-state index contributed by atoms with van der Waals surface area (Å²) in [5.41, 5.74) is 2.78. The number of halogens is 2. The molecule has 3 aromatic carbocycles. The number of nitrogens with zero attached hydrogens (tertiary/aromatic N) is 1. The van der Waals surface area contributed by atoms with Gasteiger partial charge in [-0.3, -0.25) is 4.79 Å². The summed E-state index contributed by atoms with van der Waals surface area (Å²) < 4.78 is 37.9. The highest BCUT2D eigenvalue weighted by molar-refractivity contribution is 5.94. The lowest BCUT2D eigenvalue weighted by Gasteiger charge is -2.09. The van der Waals surface area contributed by atoms with Crippen molar-refractivity contribution in [3.05, 3.63) is 89.6 Å². The van der Waals surface area contributed by atoms with Crippen LogP contribution >= 0.6 is 0 Å². The number of methoxy groups -OCH3 is 2. The second-order valence-corrected chi connectivity index (χ2v) is 7.22. The summed E-state index contributed by atoms with van der Waals surface area (Å²) in [6.45, 7) is 0.139. The van der Waals surface area contributed by atoms with E-state index in [0.717, 1.165) is 40.6 Å². The van der Waals surface area contributed by atoms with Crippen molar-refractivity contribution in [2.75, 3.05) is 14.2 Å². The number of H-pyrrole nitrogens is 1. The van der Waals surface area contributed by atoms with E-state index in [1.54, 1.807) is 20.4 Å². The number of aromatic nitrogens is 2. The van der Waals surface area contributed by atoms with Crippen LogP contribution in [0.3, 0.4) is 0 Å². The van der Waals surface area contributed by atoms with Crippen LogP contribution < -0.4 is 14.8 Å². The predicted molar refractivity (Wildman–Crippen MR) is 120 cm³/mol. The second kappa shape index (κ2) is 9.52. The molecule has 0 saturated carbocycles. The van der Waals surface area contributed by atoms with Crippen molar-refractivity contribution >= 4 is 5.91 Å². The molecule has 0 bridgehead atoms. The van der Waals surface area contributed by atoms with Crippen LogP contribution in [0, 0.1) is 11.6 Å². The molecule has 33 heavy (non-hydrogen) atoms. The minimum Gasteiger partial charge on any atom is -0.497 e. The minimum atomic E-state index is -0.779. The SMILES string of the molecule is COc1ccc(OC)c(-c2cnc(-c3cccc(CNC(=O)c4cc(F)ccc4F)c3)[nH]2)c1. The van der Waals surface area contributed by atoms with Crippen LogP contribution in [0.5, 0.6) is 11.5 Å². The van der Waals surface area contributed by atoms with Crippen molar-refractivity contribution in [2.45, 2.75) is 6.54 Å². The van der Waals surface area contributed by atoms with Gasteiger partial charge in [0, 0.05) is 17.7 Å². The fourth-order valence-electron chi connectivity index (χ4n) is 3.41. The average molecular weight is 449 g/mol. The van der Waals surface area contributed by atoms with E-state index in [4.69, 9.17) is 9.47 Å². The first-order valence-corrected chi connectivity index (χ1v) is 10.1. The summed E-state index contributed by atoms with van der Waals surface area (Å²) in [6, 6.07) is 15.6. The first-order valence-electron chi connectivity index (χ1n) is 10.1. The Morgan fingerprint density at radius 1 is 1.03 bits per heavy atom. The lowest BCUT2D eigenvalue weighted by molar-refractivity contribution is 0.0946. The number of benzene rings is 3. The lowest BCUT2D eigenvalue weighted by atomic mass is 10.1. The molecule has 1 heterocycles. The van der Waals surface area contributed by atoms with Crippen molar-refractivity contribution in [3.63, 3.8) is 0 Å². The molecule has 1 aromatic heterocycles. The topological polar surface area (TPSA) is 76.2 Å². The van der Waals surface area contributed by atoms with Gasteiger partial charge in [-0.2, -0.15) is 0 Å². The molecule has 0 fully saturated rings. The summed E-state index contributed by atoms with van der Waals surface area (Å²) in [7, 11) is 3.19. The second-order valence-electron chi connectivity index (χ2n) is 7.22. The van der Waals surface area contributed by atoms with Crippen LogP contribution in [-0.2, 0) is 6.54 Å². The molecular weight excluding hydrogens is 428 g/mol. The van der Waals surface area contributed by atoms with Gasteiger partial charge in [-0.25, -0.2) is 13.8 Å². The Bertz CT molecular complexity index is 1300. The van der Waals surface area contributed by atoms with Gasteiger partial charge >= 0.3 is 0 Å². The van der Waals surface area contributed by atoms with Gasteiger partial charge in [0.15, 0.2) is 0 Å². The van der Waals surface area contributed by atoms with Gasteiger partial charge in [0.2, 0.25) is 0 Å². The monoisotopic (exact) mass is 449 g/mol. The Balaban J connectivity index is 1.53. The fourth-order valence-corrected chi connectivity index (χ4v) is 3.41. The number of amides is 1. The number of nitrogens with one attached hydrogen (secondary N) is 2. The number of imidazole rings is 1. The molecule has 0 radical (unpaired) electrons. The van der Waals surface area contributed by atoms with Gasteiger partial charge in [-0.15, -0.1) is 0 Å². The summed E-state index contributed by atoms with van der Waals surface area (Å²) >= 11 is 0. The molecular formula is C25H21F2N3O3. The molecule has 0 spiro atoms. The molecule has 6 nitrogen and oxygen atoms in total. The van der Waals surface area contributed by atoms with E-state index in [1.165, 1.54) is 0 Å². The fraction of sp³-hybridized carbons (Fsp3) is 0.120. The molecule has 0 aliphatic carbocycles. The van der Waals surface area contributed by atoms with E-state index in [-0.39, 0.29) is 12.1 Å². The maximum Gasteiger partial charge on any atom is 0.254 e. The van der Waals surface area contributed by atoms with Crippen LogP contribution in [0.25, 0.3) is 22.6 Å². The van der Waals surface area contributed by atoms with Crippen LogP contribution in [0.1, 0.15) is 15.9 Å². The molecule has 0 saturated heterocycles. The van der Waals surface area contributed by atoms with Crippen LogP contribution in [0.4, 0.5) is 8.78 Å². The Morgan fingerprint density at radius 2 is 1.88 bits per heavy atom. The summed E-state index contributed by atoms with van der Waals surface area (Å²) in [5.74, 6) is -0.160. The first kappa shape index (κ1) is 22.0. The molecule has 0 aliphatic rings. The predicted octanol–water partition coefficient (Wildman–Crippen LogP) is 4.97. The van der Waals surface area contributed by atoms with Gasteiger partial charge < -0.3 is 19.8 Å². The number of hydrogen-bond acceptors (Lipinski definition) is 4. The molecule has 0 aliphatic heterocycles. The zero-order valence-corrected chi connectivity index (χ0v) is 18.0. The number of carbonyl (C=O) groups is 1. The maximum absolute atomic E-state index is 13.8. The van der Waals surface area contributed by atoms with Gasteiger partial charge in [0.1, 0.15) is 29.0 Å². The molecule has 1 amide bonds. The molecule has 8 heteroatoms. The van der Waals surface area contributed by atoms with Gasteiger partial charge in [-0.05, 0) is 48.0 Å². The van der Waals surface area contributed by atoms with Crippen LogP contribution in [0.2, 0.25) is 0 Å². The molecule has 168 valence electrons. The molecule has 4 rings (SSSR count). The quantitative estimate of drug-likeness (QED) is 0.418. The van der Waals surface area contributed by atoms with E-state index < -0.39 is 17.5 Å². The molecule has 0 unspecified atom stereocenters. The number of carbonyl (C=O) groups excluding carboxylic acids is 1. The zero-order valence-electron chi connectivity index (χ0n) is 18.0. The number of ether oxygens (including phenoxy) is 2. The summed E-state index contributed by atoms with van der Waals surface area (Å²) in [4.78, 5) is 20.0. The molecule has 0 atom stereocenters. The number of aromatic amines is 1. The Morgan fingerprint density at radius 3 is 2.67 bits per heavy atom. The highest BCUT2D eigenvalue weighted by atomic mass is 19.1.